The van der Waals surface area contributed by atoms with E-state index in [1.54, 1.807) is 38.2 Å². The quantitative estimate of drug-likeness (QED) is 0.0437. The van der Waals surface area contributed by atoms with Gasteiger partial charge in [-0.1, -0.05) is 19.1 Å². The van der Waals surface area contributed by atoms with Gasteiger partial charge in [0, 0.05) is 65.0 Å². The summed E-state index contributed by atoms with van der Waals surface area (Å²) in [6, 6.07) is 6.68. The highest BCUT2D eigenvalue weighted by Crippen LogP contribution is 2.10. The summed E-state index contributed by atoms with van der Waals surface area (Å²) in [5.74, 6) is -8.25. The fourth-order valence-corrected chi connectivity index (χ4v) is 4.59. The lowest BCUT2D eigenvalue weighted by Crippen LogP contribution is -2.53. The van der Waals surface area contributed by atoms with Crippen molar-refractivity contribution in [3.63, 3.8) is 0 Å². The summed E-state index contributed by atoms with van der Waals surface area (Å²) in [4.78, 5) is 99.7. The molecule has 4 amide bonds. The van der Waals surface area contributed by atoms with E-state index in [-0.39, 0.29) is 64.2 Å². The van der Waals surface area contributed by atoms with Gasteiger partial charge >= 0.3 is 23.9 Å². The Hall–Kier alpha value is -5.34. The Morgan fingerprint density at radius 3 is 1.33 bits per heavy atom. The second-order valence-electron chi connectivity index (χ2n) is 11.9. The molecule has 290 valence electrons. The molecular weight excluding hydrogens is 690 g/mol. The van der Waals surface area contributed by atoms with Crippen LogP contribution in [0, 0.1) is 0 Å². The van der Waals surface area contributed by atoms with Crippen LogP contribution in [0.3, 0.4) is 0 Å². The Balaban J connectivity index is 2.65. The number of rotatable bonds is 27. The zero-order valence-corrected chi connectivity index (χ0v) is 29.2. The molecule has 1 aromatic rings. The second kappa shape index (κ2) is 24.0. The molecule has 0 aromatic heterocycles. The zero-order valence-electron chi connectivity index (χ0n) is 29.2. The van der Waals surface area contributed by atoms with Gasteiger partial charge in [0.25, 0.3) is 0 Å². The topological polar surface area (TPSA) is 296 Å². The van der Waals surface area contributed by atoms with Crippen LogP contribution in [0.4, 0.5) is 0 Å². The van der Waals surface area contributed by atoms with Gasteiger partial charge < -0.3 is 51.7 Å². The van der Waals surface area contributed by atoms with Crippen LogP contribution in [0.2, 0.25) is 0 Å². The molecule has 0 heterocycles. The fraction of sp³-hybridized carbons (Fsp3) is 0.562. The second-order valence-corrected chi connectivity index (χ2v) is 11.9. The van der Waals surface area contributed by atoms with Crippen molar-refractivity contribution < 1.29 is 63.9 Å². The maximum absolute atomic E-state index is 12.6. The third-order valence-corrected chi connectivity index (χ3v) is 7.39. The third kappa shape index (κ3) is 20.4. The number of carbonyl (C=O) groups is 8. The van der Waals surface area contributed by atoms with Gasteiger partial charge in [-0.25, -0.2) is 9.59 Å². The van der Waals surface area contributed by atoms with E-state index in [1.807, 2.05) is 4.90 Å². The minimum absolute atomic E-state index is 0.0422. The van der Waals surface area contributed by atoms with E-state index >= 15 is 0 Å². The van der Waals surface area contributed by atoms with Crippen LogP contribution in [0.25, 0.3) is 0 Å². The molecule has 20 heteroatoms. The van der Waals surface area contributed by atoms with Crippen molar-refractivity contribution in [2.75, 3.05) is 59.4 Å². The number of hydrogen-bond donors (Lipinski definition) is 9. The minimum Gasteiger partial charge on any atom is -0.508 e. The summed E-state index contributed by atoms with van der Waals surface area (Å²) in [7, 11) is 1.78. The molecule has 9 N–H and O–H groups in total. The van der Waals surface area contributed by atoms with Crippen molar-refractivity contribution in [2.24, 2.45) is 0 Å². The van der Waals surface area contributed by atoms with E-state index in [4.69, 9.17) is 0 Å². The summed E-state index contributed by atoms with van der Waals surface area (Å²) < 4.78 is 0. The number of benzene rings is 1. The first-order valence-electron chi connectivity index (χ1n) is 16.5. The number of phenols is 1. The molecule has 0 saturated heterocycles. The van der Waals surface area contributed by atoms with Crippen LogP contribution >= 0.6 is 0 Å². The van der Waals surface area contributed by atoms with Gasteiger partial charge in [0.05, 0.1) is 13.1 Å². The van der Waals surface area contributed by atoms with Crippen LogP contribution in [0.5, 0.6) is 5.75 Å². The number of nitrogens with one attached hydrogen (secondary N) is 4. The lowest BCUT2D eigenvalue weighted by atomic mass is 10.1. The number of amides is 4. The van der Waals surface area contributed by atoms with Gasteiger partial charge in [0.2, 0.25) is 36.0 Å². The first kappa shape index (κ1) is 44.7. The molecule has 52 heavy (non-hydrogen) atoms. The molecule has 0 aliphatic carbocycles. The molecule has 0 fully saturated rings. The molecule has 0 aliphatic heterocycles. The molecule has 0 spiro atoms. The molecule has 0 radical (unpaired) electrons. The van der Waals surface area contributed by atoms with Crippen molar-refractivity contribution in [1.29, 1.82) is 0 Å². The van der Waals surface area contributed by atoms with Gasteiger partial charge in [0.1, 0.15) is 5.75 Å². The lowest BCUT2D eigenvalue weighted by Gasteiger charge is -2.26. The van der Waals surface area contributed by atoms with Crippen LogP contribution in [0.15, 0.2) is 24.3 Å². The molecule has 0 saturated carbocycles. The number of carbonyl (C=O) groups excluding carboxylic acids is 4. The average molecular weight is 740 g/mol. The zero-order chi connectivity index (χ0) is 39.2. The van der Waals surface area contributed by atoms with Gasteiger partial charge in [-0.05, 0) is 37.6 Å². The molecule has 2 atom stereocenters. The van der Waals surface area contributed by atoms with Crippen molar-refractivity contribution in [3.8, 4) is 5.75 Å². The SMILES string of the molecule is CCCC(=O)NC(NC(=O)CCN(CCN(CCC(=O)NC(NC(=O)CCN(C)CCc1ccc(O)cc1)C(=O)O)CC(=O)O)CC(=O)O)C(=O)O. The number of likely N-dealkylation sites (N-methyl/N-ethyl adjacent to an activating group) is 1. The summed E-state index contributed by atoms with van der Waals surface area (Å²) in [6.45, 7) is 0.926. The maximum atomic E-state index is 12.6. The number of aliphatic carboxylic acids is 4. The average Bonchev–Trinajstić information content (AvgIpc) is 3.05. The van der Waals surface area contributed by atoms with Crippen LogP contribution < -0.4 is 21.3 Å². The van der Waals surface area contributed by atoms with Gasteiger partial charge in [-0.15, -0.1) is 0 Å². The molecular formula is C32H49N7O13. The largest absolute Gasteiger partial charge is 0.508 e. The smallest absolute Gasteiger partial charge is 0.347 e. The Kier molecular flexibility index (Phi) is 20.6. The first-order chi connectivity index (χ1) is 24.5. The predicted molar refractivity (Wildman–Crippen MR) is 182 cm³/mol. The van der Waals surface area contributed by atoms with Gasteiger partial charge in [-0.2, -0.15) is 0 Å². The van der Waals surface area contributed by atoms with Crippen LogP contribution in [-0.4, -0.2) is 159 Å². The molecule has 1 aromatic carbocycles. The molecule has 20 nitrogen and oxygen atoms in total. The fourth-order valence-electron chi connectivity index (χ4n) is 4.59. The maximum Gasteiger partial charge on any atom is 0.347 e. The minimum atomic E-state index is -1.76. The van der Waals surface area contributed by atoms with E-state index < -0.39 is 72.9 Å². The summed E-state index contributed by atoms with van der Waals surface area (Å²) in [5.41, 5.74) is 0.978. The van der Waals surface area contributed by atoms with E-state index in [2.05, 4.69) is 21.3 Å². The molecule has 0 aliphatic rings. The monoisotopic (exact) mass is 739 g/mol. The van der Waals surface area contributed by atoms with E-state index in [1.165, 1.54) is 9.80 Å². The van der Waals surface area contributed by atoms with E-state index in [9.17, 15) is 63.9 Å². The van der Waals surface area contributed by atoms with Crippen molar-refractivity contribution in [3.05, 3.63) is 29.8 Å². The number of phenolic OH excluding ortho intramolecular Hbond substituents is 1. The number of carboxylic acid groups (broad SMARTS) is 4. The number of carboxylic acids is 4. The Morgan fingerprint density at radius 1 is 0.577 bits per heavy atom. The van der Waals surface area contributed by atoms with Crippen molar-refractivity contribution in [1.82, 2.24) is 36.0 Å². The Bertz CT molecular complexity index is 1380. The summed E-state index contributed by atoms with van der Waals surface area (Å²) in [6.07, 6.45) is -3.12. The Morgan fingerprint density at radius 2 is 0.962 bits per heavy atom. The first-order valence-corrected chi connectivity index (χ1v) is 16.5. The molecule has 1 rings (SSSR count). The van der Waals surface area contributed by atoms with Gasteiger partial charge in [-0.3, -0.25) is 38.6 Å². The third-order valence-electron chi connectivity index (χ3n) is 7.39. The number of aromatic hydroxyl groups is 1. The Labute approximate surface area is 300 Å². The molecule has 2 unspecified atom stereocenters. The highest BCUT2D eigenvalue weighted by molar-refractivity contribution is 5.88. The van der Waals surface area contributed by atoms with Crippen molar-refractivity contribution in [2.45, 2.75) is 57.8 Å². The lowest BCUT2D eigenvalue weighted by molar-refractivity contribution is -0.145. The van der Waals surface area contributed by atoms with E-state index in [0.29, 0.717) is 19.4 Å². The normalized spacial score (nSPS) is 12.2. The van der Waals surface area contributed by atoms with Gasteiger partial charge in [0.15, 0.2) is 0 Å². The van der Waals surface area contributed by atoms with Crippen molar-refractivity contribution >= 4 is 47.5 Å². The van der Waals surface area contributed by atoms with E-state index in [0.717, 1.165) is 5.56 Å². The highest BCUT2D eigenvalue weighted by Gasteiger charge is 2.24. The standard InChI is InChI=1S/C32H49N7O13/c1-3-4-23(41)33-29(31(49)50)35-25(43)11-15-38(19-27(45)46)17-18-39(20-28(47)48)16-12-26(44)36-30(32(51)52)34-24(42)10-14-37(2)13-9-21-5-7-22(40)8-6-21/h5-8,29-30,40H,3-4,9-20H2,1-2H3,(H,33,41)(H,34,42)(H,35,43)(H,36,44)(H,45,46)(H,47,48)(H,49,50)(H,51,52). The highest BCUT2D eigenvalue weighted by atomic mass is 16.4. The number of nitrogens with zero attached hydrogens (tertiary/aromatic N) is 3. The summed E-state index contributed by atoms with van der Waals surface area (Å²) >= 11 is 0. The van der Waals surface area contributed by atoms with Crippen LogP contribution in [0.1, 0.15) is 44.6 Å². The summed E-state index contributed by atoms with van der Waals surface area (Å²) in [5, 5.41) is 55.6. The predicted octanol–water partition coefficient (Wildman–Crippen LogP) is -2.10. The van der Waals surface area contributed by atoms with Crippen LogP contribution in [-0.2, 0) is 44.8 Å². The molecule has 0 bridgehead atoms. The number of hydrogen-bond acceptors (Lipinski definition) is 12.